The third-order valence-electron chi connectivity index (χ3n) is 0.268. The van der Waals surface area contributed by atoms with E-state index in [0.29, 0.717) is 0 Å². The normalized spacial score (nSPS) is 9.14. The summed E-state index contributed by atoms with van der Waals surface area (Å²) in [4.78, 5) is 9.46. The molecule has 2 nitrogen and oxygen atoms in total. The summed E-state index contributed by atoms with van der Waals surface area (Å²) in [5, 5.41) is 0. The van der Waals surface area contributed by atoms with Gasteiger partial charge in [-0.2, -0.15) is 8.78 Å². The zero-order valence-corrected chi connectivity index (χ0v) is 3.99. The molecule has 0 saturated carbocycles. The molecule has 0 aliphatic heterocycles. The highest BCUT2D eigenvalue weighted by molar-refractivity contribution is 7.75. The number of hydrogen-bond acceptors (Lipinski definition) is 3. The topological polar surface area (TPSA) is 26.3 Å². The monoisotopic (exact) mass is 128 g/mol. The molecule has 0 unspecified atom stereocenters. The number of halogens is 2. The van der Waals surface area contributed by atoms with Crippen molar-refractivity contribution in [2.45, 2.75) is 6.43 Å². The van der Waals surface area contributed by atoms with Crippen LogP contribution in [0.25, 0.3) is 0 Å². The molecule has 0 bridgehead atoms. The fourth-order valence-electron chi connectivity index (χ4n) is 0.0398. The average molecular weight is 128 g/mol. The van der Waals surface area contributed by atoms with E-state index in [1.165, 1.54) is 0 Å². The third-order valence-corrected chi connectivity index (χ3v) is 0.448. The number of alkyl halides is 2. The van der Waals surface area contributed by atoms with Gasteiger partial charge >= 0.3 is 12.4 Å². The fraction of sp³-hybridized carbons (Fsp3) is 0.500. The number of thiol groups is 1. The van der Waals surface area contributed by atoms with Crippen molar-refractivity contribution in [2.75, 3.05) is 0 Å². The Morgan fingerprint density at radius 3 is 2.14 bits per heavy atom. The van der Waals surface area contributed by atoms with Gasteiger partial charge in [-0.1, -0.05) is 0 Å². The molecule has 0 fully saturated rings. The molecular weight excluding hydrogens is 126 g/mol. The van der Waals surface area contributed by atoms with Gasteiger partial charge in [0.2, 0.25) is 0 Å². The largest absolute Gasteiger partial charge is 0.390 e. The van der Waals surface area contributed by atoms with Crippen LogP contribution in [0, 0.1) is 0 Å². The van der Waals surface area contributed by atoms with E-state index >= 15 is 0 Å². The Bertz CT molecular complexity index is 74.1. The number of rotatable bonds is 1. The molecule has 0 atom stereocenters. The van der Waals surface area contributed by atoms with Crippen molar-refractivity contribution in [3.63, 3.8) is 0 Å². The highest BCUT2D eigenvalue weighted by Gasteiger charge is 2.14. The summed E-state index contributed by atoms with van der Waals surface area (Å²) in [6.45, 7) is 0. The number of carbonyl (C=O) groups excluding carboxylic acids is 1. The number of hydrogen-bond donors (Lipinski definition) is 1. The van der Waals surface area contributed by atoms with E-state index in [9.17, 15) is 13.6 Å². The van der Waals surface area contributed by atoms with E-state index in [4.69, 9.17) is 0 Å². The Labute approximate surface area is 44.1 Å². The van der Waals surface area contributed by atoms with E-state index in [2.05, 4.69) is 17.1 Å². The quantitative estimate of drug-likeness (QED) is 0.414. The minimum Gasteiger partial charge on any atom is -0.390 e. The standard InChI is InChI=1S/C2H2F2O2S/c3-1(4)2(5)6-7/h1,7H. The Kier molecular flexibility index (Phi) is 2.66. The van der Waals surface area contributed by atoms with Crippen molar-refractivity contribution < 1.29 is 17.8 Å². The van der Waals surface area contributed by atoms with E-state index < -0.39 is 12.4 Å². The van der Waals surface area contributed by atoms with Gasteiger partial charge in [0.15, 0.2) is 0 Å². The molecule has 0 aliphatic carbocycles. The van der Waals surface area contributed by atoms with Crippen LogP contribution in [0.5, 0.6) is 0 Å². The Hall–Kier alpha value is -0.320. The van der Waals surface area contributed by atoms with Crippen molar-refractivity contribution in [2.24, 2.45) is 0 Å². The van der Waals surface area contributed by atoms with Gasteiger partial charge < -0.3 is 4.18 Å². The Morgan fingerprint density at radius 1 is 1.71 bits per heavy atom. The highest BCUT2D eigenvalue weighted by atomic mass is 32.1. The maximum absolute atomic E-state index is 10.9. The summed E-state index contributed by atoms with van der Waals surface area (Å²) in [6, 6.07) is 0. The van der Waals surface area contributed by atoms with Crippen molar-refractivity contribution >= 4 is 18.9 Å². The molecular formula is C2H2F2O2S. The summed E-state index contributed by atoms with van der Waals surface area (Å²) in [5.74, 6) is -1.62. The summed E-state index contributed by atoms with van der Waals surface area (Å²) in [5.41, 5.74) is 0. The molecule has 0 aromatic heterocycles. The molecule has 0 saturated heterocycles. The van der Waals surface area contributed by atoms with Gasteiger partial charge in [0, 0.05) is 12.9 Å². The van der Waals surface area contributed by atoms with Crippen LogP contribution in [0.3, 0.4) is 0 Å². The molecule has 0 N–H and O–H groups in total. The van der Waals surface area contributed by atoms with E-state index in [1.807, 2.05) is 0 Å². The molecule has 0 aromatic carbocycles. The second-order valence-electron chi connectivity index (χ2n) is 0.711. The van der Waals surface area contributed by atoms with Crippen molar-refractivity contribution in [1.29, 1.82) is 0 Å². The van der Waals surface area contributed by atoms with Gasteiger partial charge in [-0.25, -0.2) is 4.79 Å². The third kappa shape index (κ3) is 2.38. The summed E-state index contributed by atoms with van der Waals surface area (Å²) in [7, 11) is 0. The molecule has 42 valence electrons. The van der Waals surface area contributed by atoms with Crippen molar-refractivity contribution in [3.8, 4) is 0 Å². The molecule has 0 aliphatic rings. The fourth-order valence-corrected chi connectivity index (χ4v) is 0.120. The van der Waals surface area contributed by atoms with Gasteiger partial charge in [-0.05, 0) is 0 Å². The lowest BCUT2D eigenvalue weighted by molar-refractivity contribution is -0.144. The predicted molar refractivity (Wildman–Crippen MR) is 21.1 cm³/mol. The van der Waals surface area contributed by atoms with Gasteiger partial charge in [0.25, 0.3) is 0 Å². The molecule has 0 rings (SSSR count). The van der Waals surface area contributed by atoms with E-state index in [0.717, 1.165) is 0 Å². The van der Waals surface area contributed by atoms with Crippen LogP contribution in [-0.4, -0.2) is 12.4 Å². The van der Waals surface area contributed by atoms with E-state index in [1.54, 1.807) is 0 Å². The zero-order valence-electron chi connectivity index (χ0n) is 3.10. The first-order valence-electron chi connectivity index (χ1n) is 1.32. The first-order valence-corrected chi connectivity index (χ1v) is 1.68. The molecule has 5 heteroatoms. The predicted octanol–water partition coefficient (Wildman–Crippen LogP) is 0.639. The van der Waals surface area contributed by atoms with Gasteiger partial charge in [-0.3, -0.25) is 0 Å². The lowest BCUT2D eigenvalue weighted by Gasteiger charge is -1.89. The van der Waals surface area contributed by atoms with Crippen LogP contribution in [0.15, 0.2) is 0 Å². The first kappa shape index (κ1) is 6.68. The molecule has 0 spiro atoms. The number of carbonyl (C=O) groups is 1. The van der Waals surface area contributed by atoms with E-state index in [-0.39, 0.29) is 0 Å². The van der Waals surface area contributed by atoms with Crippen LogP contribution >= 0.6 is 12.9 Å². The summed E-state index contributed by atoms with van der Waals surface area (Å²) >= 11 is 2.83. The Morgan fingerprint density at radius 2 is 2.14 bits per heavy atom. The molecule has 0 aromatic rings. The second-order valence-corrected chi connectivity index (χ2v) is 0.894. The average Bonchev–Trinajstić information content (AvgIpc) is 1.65. The van der Waals surface area contributed by atoms with Gasteiger partial charge in [0.05, 0.1) is 0 Å². The van der Waals surface area contributed by atoms with Crippen LogP contribution in [0.4, 0.5) is 8.78 Å². The summed E-state index contributed by atoms with van der Waals surface area (Å²) < 4.78 is 25.1. The minimum absolute atomic E-state index is 1.62. The zero-order chi connectivity index (χ0) is 5.86. The lowest BCUT2D eigenvalue weighted by atomic mass is 10.7. The highest BCUT2D eigenvalue weighted by Crippen LogP contribution is 1.95. The second kappa shape index (κ2) is 2.79. The van der Waals surface area contributed by atoms with Crippen LogP contribution in [0.2, 0.25) is 0 Å². The van der Waals surface area contributed by atoms with Gasteiger partial charge in [0.1, 0.15) is 0 Å². The Balaban J connectivity index is 3.35. The maximum atomic E-state index is 10.9. The molecule has 0 amide bonds. The van der Waals surface area contributed by atoms with Crippen molar-refractivity contribution in [1.82, 2.24) is 0 Å². The summed E-state index contributed by atoms with van der Waals surface area (Å²) in [6.07, 6.45) is -3.07. The van der Waals surface area contributed by atoms with Crippen LogP contribution in [-0.2, 0) is 8.98 Å². The minimum atomic E-state index is -3.07. The maximum Gasteiger partial charge on any atom is 0.385 e. The van der Waals surface area contributed by atoms with Gasteiger partial charge in [-0.15, -0.1) is 0 Å². The smallest absolute Gasteiger partial charge is 0.385 e. The first-order chi connectivity index (χ1) is 3.18. The molecule has 0 radical (unpaired) electrons. The van der Waals surface area contributed by atoms with Crippen molar-refractivity contribution in [3.05, 3.63) is 0 Å². The SMILES string of the molecule is O=C(OS)C(F)F. The molecule has 0 heterocycles. The van der Waals surface area contributed by atoms with Crippen LogP contribution < -0.4 is 0 Å². The van der Waals surface area contributed by atoms with Crippen LogP contribution in [0.1, 0.15) is 0 Å². The lowest BCUT2D eigenvalue weighted by Crippen LogP contribution is -2.08. The molecule has 7 heavy (non-hydrogen) atoms.